The minimum absolute atomic E-state index is 0.0247. The number of hydrogen-bond acceptors (Lipinski definition) is 3. The Labute approximate surface area is 104 Å². The number of nitrogens with two attached hydrogens (primary N) is 1. The number of amides is 1. The van der Waals surface area contributed by atoms with Gasteiger partial charge in [-0.05, 0) is 26.2 Å². The zero-order chi connectivity index (χ0) is 12.7. The predicted molar refractivity (Wildman–Crippen MR) is 68.7 cm³/mol. The van der Waals surface area contributed by atoms with Gasteiger partial charge in [0.05, 0.1) is 6.10 Å². The van der Waals surface area contributed by atoms with Crippen LogP contribution < -0.4 is 11.1 Å². The van der Waals surface area contributed by atoms with E-state index in [1.807, 2.05) is 13.8 Å². The quantitative estimate of drug-likeness (QED) is 0.719. The van der Waals surface area contributed by atoms with Crippen LogP contribution in [0.3, 0.4) is 0 Å². The van der Waals surface area contributed by atoms with Gasteiger partial charge in [0.15, 0.2) is 0 Å². The van der Waals surface area contributed by atoms with Gasteiger partial charge in [0.2, 0.25) is 5.91 Å². The smallest absolute Gasteiger partial charge is 0.248 e. The van der Waals surface area contributed by atoms with E-state index in [9.17, 15) is 4.79 Å². The minimum Gasteiger partial charge on any atom is -0.364 e. The molecule has 0 bridgehead atoms. The van der Waals surface area contributed by atoms with Crippen molar-refractivity contribution in [2.45, 2.75) is 70.6 Å². The Morgan fingerprint density at radius 1 is 1.41 bits per heavy atom. The van der Waals surface area contributed by atoms with Gasteiger partial charge in [-0.25, -0.2) is 0 Å². The molecule has 1 saturated carbocycles. The van der Waals surface area contributed by atoms with Crippen molar-refractivity contribution in [3.05, 3.63) is 0 Å². The van der Waals surface area contributed by atoms with Crippen molar-refractivity contribution >= 4 is 5.91 Å². The summed E-state index contributed by atoms with van der Waals surface area (Å²) in [6.07, 6.45) is 6.14. The Morgan fingerprint density at radius 3 is 2.82 bits per heavy atom. The summed E-state index contributed by atoms with van der Waals surface area (Å²) >= 11 is 0. The summed E-state index contributed by atoms with van der Waals surface area (Å²) in [5.74, 6) is -0.0247. The first-order chi connectivity index (χ1) is 8.15. The Balaban J connectivity index is 2.37. The molecule has 4 heteroatoms. The lowest BCUT2D eigenvalue weighted by atomic mass is 10.1. The van der Waals surface area contributed by atoms with Gasteiger partial charge in [-0.15, -0.1) is 0 Å². The third-order valence-corrected chi connectivity index (χ3v) is 3.30. The van der Waals surface area contributed by atoms with Crippen LogP contribution in [0.4, 0.5) is 0 Å². The average Bonchev–Trinajstić information content (AvgIpc) is 2.52. The lowest BCUT2D eigenvalue weighted by Gasteiger charge is -2.25. The third-order valence-electron chi connectivity index (χ3n) is 3.30. The highest BCUT2D eigenvalue weighted by molar-refractivity contribution is 5.80. The fraction of sp³-hybridized carbons (Fsp3) is 0.923. The van der Waals surface area contributed by atoms with Crippen LogP contribution in [-0.4, -0.2) is 30.7 Å². The van der Waals surface area contributed by atoms with Gasteiger partial charge >= 0.3 is 0 Å². The first kappa shape index (κ1) is 14.5. The molecule has 0 aromatic heterocycles. The second-order valence-electron chi connectivity index (χ2n) is 4.91. The highest BCUT2D eigenvalue weighted by Crippen LogP contribution is 2.20. The highest BCUT2D eigenvalue weighted by Gasteiger charge is 2.25. The highest BCUT2D eigenvalue weighted by atomic mass is 16.5. The van der Waals surface area contributed by atoms with Crippen LogP contribution in [0, 0.1) is 0 Å². The number of rotatable bonds is 5. The lowest BCUT2D eigenvalue weighted by Crippen LogP contribution is -2.43. The lowest BCUT2D eigenvalue weighted by molar-refractivity contribution is -0.136. The van der Waals surface area contributed by atoms with E-state index in [1.165, 1.54) is 12.8 Å². The molecule has 0 aromatic rings. The maximum Gasteiger partial charge on any atom is 0.248 e. The average molecular weight is 242 g/mol. The number of carbonyl (C=O) groups is 1. The molecule has 1 rings (SSSR count). The van der Waals surface area contributed by atoms with Gasteiger partial charge in [0.25, 0.3) is 0 Å². The molecule has 17 heavy (non-hydrogen) atoms. The number of hydrogen-bond donors (Lipinski definition) is 2. The number of ether oxygens (including phenoxy) is 1. The normalized spacial score (nSPS) is 27.2. The zero-order valence-electron chi connectivity index (χ0n) is 11.1. The second kappa shape index (κ2) is 7.67. The van der Waals surface area contributed by atoms with Crippen molar-refractivity contribution in [1.29, 1.82) is 0 Å². The van der Waals surface area contributed by atoms with Gasteiger partial charge in [0.1, 0.15) is 6.10 Å². The summed E-state index contributed by atoms with van der Waals surface area (Å²) in [6, 6.07) is 0.0823. The van der Waals surface area contributed by atoms with E-state index in [1.54, 1.807) is 0 Å². The summed E-state index contributed by atoms with van der Waals surface area (Å²) < 4.78 is 5.81. The van der Waals surface area contributed by atoms with Gasteiger partial charge < -0.3 is 15.8 Å². The largest absolute Gasteiger partial charge is 0.364 e. The van der Waals surface area contributed by atoms with E-state index < -0.39 is 6.10 Å². The Hall–Kier alpha value is -0.610. The molecule has 3 atom stereocenters. The van der Waals surface area contributed by atoms with E-state index in [4.69, 9.17) is 10.5 Å². The molecule has 1 aliphatic carbocycles. The standard InChI is InChI=1S/C13H26N2O2/c1-3-9-15-13(16)10(2)17-12-8-6-4-5-7-11(12)14/h10-12H,3-9,14H2,1-2H3,(H,15,16). The molecule has 1 fully saturated rings. The van der Waals surface area contributed by atoms with E-state index in [2.05, 4.69) is 5.32 Å². The molecule has 3 unspecified atom stereocenters. The van der Waals surface area contributed by atoms with E-state index in [0.29, 0.717) is 6.54 Å². The summed E-state index contributed by atoms with van der Waals surface area (Å²) in [5.41, 5.74) is 6.07. The van der Waals surface area contributed by atoms with Crippen LogP contribution in [0.25, 0.3) is 0 Å². The molecule has 0 saturated heterocycles. The molecule has 0 aromatic carbocycles. The van der Waals surface area contributed by atoms with Crippen LogP contribution in [0.15, 0.2) is 0 Å². The fourth-order valence-electron chi connectivity index (χ4n) is 2.19. The van der Waals surface area contributed by atoms with E-state index >= 15 is 0 Å². The molecule has 0 heterocycles. The summed E-state index contributed by atoms with van der Waals surface area (Å²) in [4.78, 5) is 11.7. The molecule has 1 aliphatic rings. The Morgan fingerprint density at radius 2 is 2.12 bits per heavy atom. The molecular weight excluding hydrogens is 216 g/mol. The van der Waals surface area contributed by atoms with Crippen molar-refractivity contribution < 1.29 is 9.53 Å². The second-order valence-corrected chi connectivity index (χ2v) is 4.91. The number of nitrogens with one attached hydrogen (secondary N) is 1. The maximum absolute atomic E-state index is 11.7. The summed E-state index contributed by atoms with van der Waals surface area (Å²) in [5, 5.41) is 2.85. The third kappa shape index (κ3) is 5.04. The van der Waals surface area contributed by atoms with Gasteiger partial charge in [0, 0.05) is 12.6 Å². The van der Waals surface area contributed by atoms with Crippen LogP contribution in [-0.2, 0) is 9.53 Å². The van der Waals surface area contributed by atoms with Crippen molar-refractivity contribution in [1.82, 2.24) is 5.32 Å². The SMILES string of the molecule is CCCNC(=O)C(C)OC1CCCCCC1N. The van der Waals surface area contributed by atoms with E-state index in [0.717, 1.165) is 25.7 Å². The van der Waals surface area contributed by atoms with Crippen molar-refractivity contribution in [3.63, 3.8) is 0 Å². The van der Waals surface area contributed by atoms with Crippen LogP contribution in [0.5, 0.6) is 0 Å². The Kier molecular flexibility index (Phi) is 6.52. The molecule has 3 N–H and O–H groups in total. The molecule has 4 nitrogen and oxygen atoms in total. The monoisotopic (exact) mass is 242 g/mol. The molecular formula is C13H26N2O2. The van der Waals surface area contributed by atoms with Gasteiger partial charge in [-0.3, -0.25) is 4.79 Å². The molecule has 0 radical (unpaired) electrons. The van der Waals surface area contributed by atoms with Crippen molar-refractivity contribution in [3.8, 4) is 0 Å². The van der Waals surface area contributed by atoms with Crippen LogP contribution in [0.2, 0.25) is 0 Å². The minimum atomic E-state index is -0.393. The van der Waals surface area contributed by atoms with Gasteiger partial charge in [-0.1, -0.05) is 26.2 Å². The molecule has 0 spiro atoms. The van der Waals surface area contributed by atoms with Crippen LogP contribution >= 0.6 is 0 Å². The first-order valence-corrected chi connectivity index (χ1v) is 6.84. The molecule has 0 aliphatic heterocycles. The van der Waals surface area contributed by atoms with Crippen molar-refractivity contribution in [2.75, 3.05) is 6.54 Å². The summed E-state index contributed by atoms with van der Waals surface area (Å²) in [6.45, 7) is 4.55. The van der Waals surface area contributed by atoms with E-state index in [-0.39, 0.29) is 18.1 Å². The topological polar surface area (TPSA) is 64.3 Å². The van der Waals surface area contributed by atoms with Gasteiger partial charge in [-0.2, -0.15) is 0 Å². The molecule has 1 amide bonds. The molecule has 100 valence electrons. The first-order valence-electron chi connectivity index (χ1n) is 6.84. The summed E-state index contributed by atoms with van der Waals surface area (Å²) in [7, 11) is 0. The fourth-order valence-corrected chi connectivity index (χ4v) is 2.19. The number of carbonyl (C=O) groups excluding carboxylic acids is 1. The maximum atomic E-state index is 11.7. The predicted octanol–water partition coefficient (Wildman–Crippen LogP) is 1.58. The van der Waals surface area contributed by atoms with Crippen molar-refractivity contribution in [2.24, 2.45) is 5.73 Å². The van der Waals surface area contributed by atoms with Crippen LogP contribution in [0.1, 0.15) is 52.4 Å². The Bertz CT molecular complexity index is 233. The zero-order valence-corrected chi connectivity index (χ0v) is 11.1.